The summed E-state index contributed by atoms with van der Waals surface area (Å²) in [6.45, 7) is 5.38. The van der Waals surface area contributed by atoms with Crippen LogP contribution in [0.25, 0.3) is 17.0 Å². The lowest BCUT2D eigenvalue weighted by molar-refractivity contribution is 0.0489. The summed E-state index contributed by atoms with van der Waals surface area (Å²) in [4.78, 5) is 24.2. The lowest BCUT2D eigenvalue weighted by Gasteiger charge is -2.07. The lowest BCUT2D eigenvalue weighted by atomic mass is 10.1. The third kappa shape index (κ3) is 2.37. The van der Waals surface area contributed by atoms with E-state index in [9.17, 15) is 9.59 Å². The average molecular weight is 272 g/mol. The van der Waals surface area contributed by atoms with Crippen molar-refractivity contribution in [1.29, 1.82) is 0 Å². The molecule has 0 unspecified atom stereocenters. The number of benzene rings is 1. The fourth-order valence-electron chi connectivity index (χ4n) is 2.03. The molecule has 0 saturated carbocycles. The van der Waals surface area contributed by atoms with Gasteiger partial charge in [0.25, 0.3) is 0 Å². The van der Waals surface area contributed by atoms with Gasteiger partial charge in [0.15, 0.2) is 5.43 Å². The highest BCUT2D eigenvalue weighted by Crippen LogP contribution is 2.21. The van der Waals surface area contributed by atoms with Crippen LogP contribution in [0.2, 0.25) is 0 Å². The molecule has 0 aliphatic carbocycles. The molecule has 104 valence electrons. The van der Waals surface area contributed by atoms with Gasteiger partial charge in [0.2, 0.25) is 5.76 Å². The molecule has 4 nitrogen and oxygen atoms in total. The SMILES string of the molecule is C/C=C\c1cccc2c(=O)c(C)c(C(=O)OCC)oc12. The van der Waals surface area contributed by atoms with E-state index in [2.05, 4.69) is 0 Å². The number of hydrogen-bond acceptors (Lipinski definition) is 4. The summed E-state index contributed by atoms with van der Waals surface area (Å²) in [5.41, 5.74) is 1.23. The first-order chi connectivity index (χ1) is 9.60. The molecule has 20 heavy (non-hydrogen) atoms. The molecule has 0 fully saturated rings. The Hall–Kier alpha value is -2.36. The summed E-state index contributed by atoms with van der Waals surface area (Å²) < 4.78 is 10.6. The summed E-state index contributed by atoms with van der Waals surface area (Å²) in [7, 11) is 0. The minimum Gasteiger partial charge on any atom is -0.460 e. The van der Waals surface area contributed by atoms with E-state index in [1.54, 1.807) is 26.0 Å². The van der Waals surface area contributed by atoms with E-state index in [1.807, 2.05) is 25.1 Å². The fraction of sp³-hybridized carbons (Fsp3) is 0.250. The van der Waals surface area contributed by atoms with E-state index in [-0.39, 0.29) is 23.4 Å². The Labute approximate surface area is 116 Å². The van der Waals surface area contributed by atoms with Crippen molar-refractivity contribution < 1.29 is 13.9 Å². The summed E-state index contributed by atoms with van der Waals surface area (Å²) in [5, 5.41) is 0.464. The van der Waals surface area contributed by atoms with Crippen LogP contribution >= 0.6 is 0 Å². The predicted molar refractivity (Wildman–Crippen MR) is 77.9 cm³/mol. The van der Waals surface area contributed by atoms with Gasteiger partial charge in [-0.15, -0.1) is 0 Å². The van der Waals surface area contributed by atoms with Crippen LogP contribution in [0.4, 0.5) is 0 Å². The minimum absolute atomic E-state index is 0.0266. The molecule has 0 saturated heterocycles. The molecule has 0 amide bonds. The summed E-state index contributed by atoms with van der Waals surface area (Å²) in [6, 6.07) is 5.31. The second-order valence-electron chi connectivity index (χ2n) is 4.33. The van der Waals surface area contributed by atoms with Crippen molar-refractivity contribution in [3.63, 3.8) is 0 Å². The molecule has 0 N–H and O–H groups in total. The van der Waals surface area contributed by atoms with Crippen molar-refractivity contribution in [3.8, 4) is 0 Å². The number of para-hydroxylation sites is 1. The number of carbonyl (C=O) groups is 1. The maximum absolute atomic E-state index is 12.3. The van der Waals surface area contributed by atoms with Crippen LogP contribution in [-0.2, 0) is 4.74 Å². The van der Waals surface area contributed by atoms with Crippen molar-refractivity contribution in [2.75, 3.05) is 6.61 Å². The average Bonchev–Trinajstić information content (AvgIpc) is 2.44. The van der Waals surface area contributed by atoms with Crippen LogP contribution < -0.4 is 5.43 Å². The Morgan fingerprint density at radius 1 is 1.40 bits per heavy atom. The second kappa shape index (κ2) is 5.74. The molecule has 2 aromatic rings. The number of rotatable bonds is 3. The van der Waals surface area contributed by atoms with Gasteiger partial charge < -0.3 is 9.15 Å². The Bertz CT molecular complexity index is 738. The second-order valence-corrected chi connectivity index (χ2v) is 4.33. The Morgan fingerprint density at radius 2 is 2.15 bits per heavy atom. The fourth-order valence-corrected chi connectivity index (χ4v) is 2.03. The molecule has 0 spiro atoms. The van der Waals surface area contributed by atoms with Gasteiger partial charge in [0.1, 0.15) is 5.58 Å². The number of hydrogen-bond donors (Lipinski definition) is 0. The number of ether oxygens (including phenoxy) is 1. The molecular weight excluding hydrogens is 256 g/mol. The van der Waals surface area contributed by atoms with Crippen LogP contribution in [-0.4, -0.2) is 12.6 Å². The maximum Gasteiger partial charge on any atom is 0.374 e. The molecule has 2 rings (SSSR count). The number of allylic oxidation sites excluding steroid dienone is 1. The smallest absolute Gasteiger partial charge is 0.374 e. The molecule has 0 radical (unpaired) electrons. The topological polar surface area (TPSA) is 56.5 Å². The summed E-state index contributed by atoms with van der Waals surface area (Å²) >= 11 is 0. The molecule has 0 bridgehead atoms. The van der Waals surface area contributed by atoms with Gasteiger partial charge in [-0.05, 0) is 26.8 Å². The van der Waals surface area contributed by atoms with E-state index in [1.165, 1.54) is 0 Å². The Morgan fingerprint density at radius 3 is 2.80 bits per heavy atom. The van der Waals surface area contributed by atoms with E-state index in [4.69, 9.17) is 9.15 Å². The third-order valence-electron chi connectivity index (χ3n) is 2.98. The van der Waals surface area contributed by atoms with Crippen molar-refractivity contribution in [1.82, 2.24) is 0 Å². The van der Waals surface area contributed by atoms with Crippen LogP contribution in [0.1, 0.15) is 35.5 Å². The van der Waals surface area contributed by atoms with Gasteiger partial charge in [0, 0.05) is 11.1 Å². The summed E-state index contributed by atoms with van der Waals surface area (Å²) in [6.07, 6.45) is 3.67. The highest BCUT2D eigenvalue weighted by Gasteiger charge is 2.19. The first kappa shape index (κ1) is 14.1. The van der Waals surface area contributed by atoms with E-state index in [0.717, 1.165) is 5.56 Å². The number of carbonyl (C=O) groups excluding carboxylic acids is 1. The van der Waals surface area contributed by atoms with Crippen LogP contribution in [0.3, 0.4) is 0 Å². The first-order valence-corrected chi connectivity index (χ1v) is 6.46. The van der Waals surface area contributed by atoms with E-state index in [0.29, 0.717) is 11.0 Å². The molecule has 4 heteroatoms. The van der Waals surface area contributed by atoms with Crippen molar-refractivity contribution in [2.24, 2.45) is 0 Å². The van der Waals surface area contributed by atoms with Gasteiger partial charge >= 0.3 is 5.97 Å². The standard InChI is InChI=1S/C16H16O4/c1-4-7-11-8-6-9-12-13(17)10(3)14(20-15(11)12)16(18)19-5-2/h4,6-9H,5H2,1-3H3/b7-4-. The van der Waals surface area contributed by atoms with Crippen molar-refractivity contribution in [2.45, 2.75) is 20.8 Å². The van der Waals surface area contributed by atoms with Crippen LogP contribution in [0, 0.1) is 6.92 Å². The van der Waals surface area contributed by atoms with Crippen molar-refractivity contribution in [3.05, 3.63) is 51.4 Å². The van der Waals surface area contributed by atoms with Crippen LogP contribution in [0.5, 0.6) is 0 Å². The Kier molecular flexibility index (Phi) is 4.03. The van der Waals surface area contributed by atoms with Gasteiger partial charge in [0.05, 0.1) is 12.0 Å². The van der Waals surface area contributed by atoms with Gasteiger partial charge in [-0.25, -0.2) is 4.79 Å². The predicted octanol–water partition coefficient (Wildman–Crippen LogP) is 3.31. The zero-order chi connectivity index (χ0) is 14.7. The largest absolute Gasteiger partial charge is 0.460 e. The normalized spacial score (nSPS) is 11.2. The number of fused-ring (bicyclic) bond motifs is 1. The highest BCUT2D eigenvalue weighted by molar-refractivity contribution is 5.92. The van der Waals surface area contributed by atoms with Crippen molar-refractivity contribution >= 4 is 23.0 Å². The van der Waals surface area contributed by atoms with E-state index < -0.39 is 5.97 Å². The minimum atomic E-state index is -0.612. The highest BCUT2D eigenvalue weighted by atomic mass is 16.5. The Balaban J connectivity index is 2.79. The zero-order valence-electron chi connectivity index (χ0n) is 11.7. The number of esters is 1. The van der Waals surface area contributed by atoms with Crippen LogP contribution in [0.15, 0.2) is 33.5 Å². The summed E-state index contributed by atoms with van der Waals surface area (Å²) in [5.74, 6) is -0.638. The van der Waals surface area contributed by atoms with Gasteiger partial charge in [-0.3, -0.25) is 4.79 Å². The maximum atomic E-state index is 12.3. The quantitative estimate of drug-likeness (QED) is 0.804. The molecule has 0 aliphatic heterocycles. The lowest BCUT2D eigenvalue weighted by Crippen LogP contribution is -2.15. The van der Waals surface area contributed by atoms with E-state index >= 15 is 0 Å². The zero-order valence-corrected chi connectivity index (χ0v) is 11.7. The molecule has 0 atom stereocenters. The molecular formula is C16H16O4. The third-order valence-corrected chi connectivity index (χ3v) is 2.98. The molecule has 0 aliphatic rings. The molecule has 1 aromatic heterocycles. The molecule has 1 aromatic carbocycles. The monoisotopic (exact) mass is 272 g/mol. The van der Waals surface area contributed by atoms with Gasteiger partial charge in [-0.1, -0.05) is 24.3 Å². The first-order valence-electron chi connectivity index (χ1n) is 6.46. The molecule has 1 heterocycles. The van der Waals surface area contributed by atoms with Gasteiger partial charge in [-0.2, -0.15) is 0 Å².